The van der Waals surface area contributed by atoms with E-state index in [9.17, 15) is 4.79 Å². The van der Waals surface area contributed by atoms with Crippen molar-refractivity contribution in [3.63, 3.8) is 0 Å². The molecule has 0 atom stereocenters. The van der Waals surface area contributed by atoms with Gasteiger partial charge in [-0.05, 0) is 13.8 Å². The molecule has 0 heterocycles. The molecule has 0 unspecified atom stereocenters. The van der Waals surface area contributed by atoms with Crippen LogP contribution in [0.15, 0.2) is 0 Å². The minimum atomic E-state index is -0.522. The average Bonchev–Trinajstić information content (AvgIpc) is 2.22. The molecule has 0 radical (unpaired) electrons. The molecule has 0 amide bonds. The maximum absolute atomic E-state index is 11.3. The quantitative estimate of drug-likeness (QED) is 0.436. The second-order valence-electron chi connectivity index (χ2n) is 3.89. The van der Waals surface area contributed by atoms with Crippen LogP contribution in [0, 0.1) is 5.41 Å². The zero-order valence-corrected chi connectivity index (χ0v) is 9.71. The number of carbonyl (C=O) groups excluding carboxylic acids is 1. The zero-order valence-electron chi connectivity index (χ0n) is 9.71. The average molecular weight is 219 g/mol. The van der Waals surface area contributed by atoms with E-state index in [1.165, 1.54) is 7.11 Å². The maximum atomic E-state index is 11.3. The van der Waals surface area contributed by atoms with Crippen molar-refractivity contribution in [2.45, 2.75) is 13.8 Å². The molecule has 0 saturated carbocycles. The molecule has 0 fully saturated rings. The van der Waals surface area contributed by atoms with Gasteiger partial charge in [-0.3, -0.25) is 4.79 Å². The Hall–Kier alpha value is -0.650. The van der Waals surface area contributed by atoms with Gasteiger partial charge in [0, 0.05) is 13.1 Å². The summed E-state index contributed by atoms with van der Waals surface area (Å²) in [6.07, 6.45) is 0. The molecule has 0 aliphatic rings. The van der Waals surface area contributed by atoms with Crippen LogP contribution in [-0.4, -0.2) is 51.1 Å². The van der Waals surface area contributed by atoms with Crippen LogP contribution < -0.4 is 5.32 Å². The molecule has 0 bridgehead atoms. The van der Waals surface area contributed by atoms with Gasteiger partial charge in [-0.25, -0.2) is 0 Å². The lowest BCUT2D eigenvalue weighted by Crippen LogP contribution is -2.38. The van der Waals surface area contributed by atoms with Gasteiger partial charge in [-0.15, -0.1) is 0 Å². The first-order valence-corrected chi connectivity index (χ1v) is 5.02. The van der Waals surface area contributed by atoms with E-state index in [2.05, 4.69) is 10.1 Å². The van der Waals surface area contributed by atoms with E-state index in [0.717, 1.165) is 0 Å². The van der Waals surface area contributed by atoms with E-state index in [1.54, 1.807) is 0 Å². The number of hydrogen-bond acceptors (Lipinski definition) is 5. The molecule has 5 heteroatoms. The van der Waals surface area contributed by atoms with Crippen molar-refractivity contribution in [2.75, 3.05) is 40.0 Å². The van der Waals surface area contributed by atoms with Crippen molar-refractivity contribution in [2.24, 2.45) is 5.41 Å². The molecule has 0 aliphatic heterocycles. The third-order valence-corrected chi connectivity index (χ3v) is 1.96. The predicted octanol–water partition coefficient (Wildman–Crippen LogP) is -0.216. The summed E-state index contributed by atoms with van der Waals surface area (Å²) in [6.45, 7) is 5.75. The van der Waals surface area contributed by atoms with E-state index in [0.29, 0.717) is 26.3 Å². The number of aliphatic hydroxyl groups excluding tert-OH is 1. The van der Waals surface area contributed by atoms with Crippen molar-refractivity contribution in [3.8, 4) is 0 Å². The molecule has 0 aromatic rings. The summed E-state index contributed by atoms with van der Waals surface area (Å²) in [7, 11) is 1.38. The van der Waals surface area contributed by atoms with Crippen molar-refractivity contribution in [3.05, 3.63) is 0 Å². The second kappa shape index (κ2) is 7.62. The van der Waals surface area contributed by atoms with Crippen LogP contribution in [0.4, 0.5) is 0 Å². The number of hydrogen-bond donors (Lipinski definition) is 2. The summed E-state index contributed by atoms with van der Waals surface area (Å²) in [4.78, 5) is 11.3. The summed E-state index contributed by atoms with van der Waals surface area (Å²) in [5.41, 5.74) is -0.522. The zero-order chi connectivity index (χ0) is 11.7. The van der Waals surface area contributed by atoms with Gasteiger partial charge in [0.25, 0.3) is 0 Å². The monoisotopic (exact) mass is 219 g/mol. The van der Waals surface area contributed by atoms with Crippen LogP contribution in [0.2, 0.25) is 0 Å². The molecule has 5 nitrogen and oxygen atoms in total. The molecule has 90 valence electrons. The molecular weight excluding hydrogens is 198 g/mol. The van der Waals surface area contributed by atoms with E-state index < -0.39 is 5.41 Å². The third kappa shape index (κ3) is 6.43. The van der Waals surface area contributed by atoms with Crippen LogP contribution in [0.5, 0.6) is 0 Å². The fourth-order valence-electron chi connectivity index (χ4n) is 1.06. The molecule has 0 spiro atoms. The van der Waals surface area contributed by atoms with Crippen LogP contribution in [0.1, 0.15) is 13.8 Å². The summed E-state index contributed by atoms with van der Waals surface area (Å²) < 4.78 is 9.72. The molecule has 0 aliphatic carbocycles. The maximum Gasteiger partial charge on any atom is 0.312 e. The standard InChI is InChI=1S/C10H21NO4/c1-10(2,9(13)14-3)8-11-4-6-15-7-5-12/h11-12H,4-8H2,1-3H3. The summed E-state index contributed by atoms with van der Waals surface area (Å²) in [5, 5.41) is 11.5. The molecule has 15 heavy (non-hydrogen) atoms. The number of rotatable bonds is 8. The Morgan fingerprint density at radius 3 is 2.60 bits per heavy atom. The number of nitrogens with one attached hydrogen (secondary N) is 1. The summed E-state index contributed by atoms with van der Waals surface area (Å²) in [6, 6.07) is 0. The lowest BCUT2D eigenvalue weighted by atomic mass is 9.94. The lowest BCUT2D eigenvalue weighted by molar-refractivity contribution is -0.150. The van der Waals surface area contributed by atoms with Gasteiger partial charge in [0.15, 0.2) is 0 Å². The van der Waals surface area contributed by atoms with Crippen molar-refractivity contribution in [1.82, 2.24) is 5.32 Å². The fourth-order valence-corrected chi connectivity index (χ4v) is 1.06. The molecule has 0 rings (SSSR count). The normalized spacial score (nSPS) is 11.5. The molecule has 0 aromatic carbocycles. The highest BCUT2D eigenvalue weighted by Gasteiger charge is 2.27. The molecular formula is C10H21NO4. The van der Waals surface area contributed by atoms with Crippen LogP contribution in [0.3, 0.4) is 0 Å². The smallest absolute Gasteiger partial charge is 0.312 e. The Labute approximate surface area is 90.8 Å². The van der Waals surface area contributed by atoms with Crippen LogP contribution >= 0.6 is 0 Å². The van der Waals surface area contributed by atoms with Gasteiger partial charge in [-0.2, -0.15) is 0 Å². The van der Waals surface area contributed by atoms with Gasteiger partial charge < -0.3 is 19.9 Å². The Balaban J connectivity index is 3.53. The van der Waals surface area contributed by atoms with Gasteiger partial charge >= 0.3 is 5.97 Å². The number of carbonyl (C=O) groups is 1. The van der Waals surface area contributed by atoms with Gasteiger partial charge in [0.2, 0.25) is 0 Å². The van der Waals surface area contributed by atoms with E-state index >= 15 is 0 Å². The van der Waals surface area contributed by atoms with Crippen molar-refractivity contribution >= 4 is 5.97 Å². The largest absolute Gasteiger partial charge is 0.469 e. The highest BCUT2D eigenvalue weighted by atomic mass is 16.5. The van der Waals surface area contributed by atoms with Gasteiger partial charge in [-0.1, -0.05) is 0 Å². The topological polar surface area (TPSA) is 67.8 Å². The van der Waals surface area contributed by atoms with Gasteiger partial charge in [0.1, 0.15) is 0 Å². The predicted molar refractivity (Wildman–Crippen MR) is 56.6 cm³/mol. The number of methoxy groups -OCH3 is 1. The van der Waals surface area contributed by atoms with Crippen LogP contribution in [0.25, 0.3) is 0 Å². The first kappa shape index (κ1) is 14.3. The second-order valence-corrected chi connectivity index (χ2v) is 3.89. The number of ether oxygens (including phenoxy) is 2. The lowest BCUT2D eigenvalue weighted by Gasteiger charge is -2.21. The highest BCUT2D eigenvalue weighted by molar-refractivity contribution is 5.75. The van der Waals surface area contributed by atoms with E-state index in [4.69, 9.17) is 9.84 Å². The SMILES string of the molecule is COC(=O)C(C)(C)CNCCOCCO. The van der Waals surface area contributed by atoms with Gasteiger partial charge in [0.05, 0.1) is 32.3 Å². The molecule has 0 saturated heterocycles. The first-order valence-electron chi connectivity index (χ1n) is 5.02. The first-order chi connectivity index (χ1) is 7.04. The highest BCUT2D eigenvalue weighted by Crippen LogP contribution is 2.14. The number of aliphatic hydroxyl groups is 1. The summed E-state index contributed by atoms with van der Waals surface area (Å²) >= 11 is 0. The molecule has 0 aromatic heterocycles. The molecule has 2 N–H and O–H groups in total. The Kier molecular flexibility index (Phi) is 7.29. The Morgan fingerprint density at radius 2 is 2.07 bits per heavy atom. The summed E-state index contributed by atoms with van der Waals surface area (Å²) in [5.74, 6) is -0.230. The number of esters is 1. The third-order valence-electron chi connectivity index (χ3n) is 1.96. The minimum absolute atomic E-state index is 0.0354. The minimum Gasteiger partial charge on any atom is -0.469 e. The van der Waals surface area contributed by atoms with E-state index in [-0.39, 0.29) is 12.6 Å². The van der Waals surface area contributed by atoms with E-state index in [1.807, 2.05) is 13.8 Å². The van der Waals surface area contributed by atoms with Crippen LogP contribution in [-0.2, 0) is 14.3 Å². The fraction of sp³-hybridized carbons (Fsp3) is 0.900. The van der Waals surface area contributed by atoms with Crippen molar-refractivity contribution < 1.29 is 19.4 Å². The Morgan fingerprint density at radius 1 is 1.40 bits per heavy atom. The van der Waals surface area contributed by atoms with Crippen molar-refractivity contribution in [1.29, 1.82) is 0 Å². The Bertz CT molecular complexity index is 182.